The Kier molecular flexibility index (Phi) is 6.01. The minimum atomic E-state index is 0.0168. The molecule has 0 saturated carbocycles. The highest BCUT2D eigenvalue weighted by Crippen LogP contribution is 2.13. The van der Waals surface area contributed by atoms with Crippen LogP contribution in [0.15, 0.2) is 24.3 Å². The molecule has 1 aromatic carbocycles. The van der Waals surface area contributed by atoms with E-state index in [0.717, 1.165) is 12.1 Å². The largest absolute Gasteiger partial charge is 0.326 e. The molecule has 1 atom stereocenters. The van der Waals surface area contributed by atoms with Gasteiger partial charge in [0.2, 0.25) is 5.91 Å². The molecule has 17 heavy (non-hydrogen) atoms. The zero-order chi connectivity index (χ0) is 12.7. The van der Waals surface area contributed by atoms with Crippen LogP contribution >= 0.6 is 11.6 Å². The molecule has 1 aromatic rings. The first-order valence-corrected chi connectivity index (χ1v) is 6.28. The molecule has 0 fully saturated rings. The monoisotopic (exact) mass is 254 g/mol. The van der Waals surface area contributed by atoms with Crippen molar-refractivity contribution in [2.75, 3.05) is 11.9 Å². The van der Waals surface area contributed by atoms with E-state index in [4.69, 9.17) is 11.6 Å². The summed E-state index contributed by atoms with van der Waals surface area (Å²) in [5.74, 6) is 0.0168. The zero-order valence-electron chi connectivity index (χ0n) is 10.3. The molecule has 94 valence electrons. The zero-order valence-corrected chi connectivity index (χ0v) is 11.1. The molecule has 0 bridgehead atoms. The second-order valence-corrected chi connectivity index (χ2v) is 4.50. The lowest BCUT2D eigenvalue weighted by molar-refractivity contribution is -0.116. The van der Waals surface area contributed by atoms with Gasteiger partial charge in [0.15, 0.2) is 0 Å². The van der Waals surface area contributed by atoms with E-state index in [1.54, 1.807) is 24.3 Å². The van der Waals surface area contributed by atoms with Crippen molar-refractivity contribution >= 4 is 23.2 Å². The lowest BCUT2D eigenvalue weighted by Crippen LogP contribution is -2.28. The van der Waals surface area contributed by atoms with Crippen LogP contribution in [-0.2, 0) is 4.79 Å². The topological polar surface area (TPSA) is 41.1 Å². The van der Waals surface area contributed by atoms with Crippen LogP contribution in [0.5, 0.6) is 0 Å². The Morgan fingerprint density at radius 2 is 2.00 bits per heavy atom. The van der Waals surface area contributed by atoms with Crippen LogP contribution in [0.2, 0.25) is 5.02 Å². The van der Waals surface area contributed by atoms with Gasteiger partial charge >= 0.3 is 0 Å². The predicted molar refractivity (Wildman–Crippen MR) is 72.5 cm³/mol. The molecular formula is C13H19ClN2O. The third-order valence-corrected chi connectivity index (χ3v) is 2.84. The van der Waals surface area contributed by atoms with Gasteiger partial charge in [0.1, 0.15) is 0 Å². The highest BCUT2D eigenvalue weighted by atomic mass is 35.5. The van der Waals surface area contributed by atoms with Gasteiger partial charge < -0.3 is 10.6 Å². The first kappa shape index (κ1) is 14.0. The van der Waals surface area contributed by atoms with Gasteiger partial charge in [-0.3, -0.25) is 4.79 Å². The van der Waals surface area contributed by atoms with Crippen molar-refractivity contribution in [3.05, 3.63) is 29.3 Å². The first-order chi connectivity index (χ1) is 8.11. The molecule has 1 rings (SSSR count). The number of benzene rings is 1. The van der Waals surface area contributed by atoms with Crippen molar-refractivity contribution < 1.29 is 4.79 Å². The summed E-state index contributed by atoms with van der Waals surface area (Å²) in [5.41, 5.74) is 0.780. The van der Waals surface area contributed by atoms with Crippen LogP contribution in [0.25, 0.3) is 0 Å². The van der Waals surface area contributed by atoms with Crippen molar-refractivity contribution in [3.8, 4) is 0 Å². The minimum Gasteiger partial charge on any atom is -0.326 e. The standard InChI is InChI=1S/C13H19ClN2O/c1-3-10(2)15-9-8-13(17)16-12-6-4-11(14)5-7-12/h4-7,10,15H,3,8-9H2,1-2H3,(H,16,17). The second-order valence-electron chi connectivity index (χ2n) is 4.07. The second kappa shape index (κ2) is 7.30. The molecule has 0 radical (unpaired) electrons. The lowest BCUT2D eigenvalue weighted by Gasteiger charge is -2.11. The third-order valence-electron chi connectivity index (χ3n) is 2.59. The van der Waals surface area contributed by atoms with Gasteiger partial charge in [-0.2, -0.15) is 0 Å². The molecule has 0 aliphatic rings. The van der Waals surface area contributed by atoms with Crippen molar-refractivity contribution in [2.24, 2.45) is 0 Å². The molecule has 0 saturated heterocycles. The Morgan fingerprint density at radius 1 is 1.35 bits per heavy atom. The number of carbonyl (C=O) groups is 1. The fourth-order valence-corrected chi connectivity index (χ4v) is 1.46. The third kappa shape index (κ3) is 5.71. The number of nitrogens with one attached hydrogen (secondary N) is 2. The van der Waals surface area contributed by atoms with Gasteiger partial charge in [0.05, 0.1) is 0 Å². The van der Waals surface area contributed by atoms with E-state index in [0.29, 0.717) is 24.0 Å². The van der Waals surface area contributed by atoms with Crippen molar-refractivity contribution in [1.29, 1.82) is 0 Å². The fourth-order valence-electron chi connectivity index (χ4n) is 1.33. The van der Waals surface area contributed by atoms with Crippen LogP contribution in [0, 0.1) is 0 Å². The number of hydrogen-bond acceptors (Lipinski definition) is 2. The maximum Gasteiger partial charge on any atom is 0.225 e. The van der Waals surface area contributed by atoms with E-state index in [-0.39, 0.29) is 5.91 Å². The molecule has 0 aromatic heterocycles. The maximum atomic E-state index is 11.6. The van der Waals surface area contributed by atoms with Crippen molar-refractivity contribution in [3.63, 3.8) is 0 Å². The number of amides is 1. The molecule has 1 unspecified atom stereocenters. The smallest absolute Gasteiger partial charge is 0.225 e. The van der Waals surface area contributed by atoms with E-state index in [1.807, 2.05) is 0 Å². The summed E-state index contributed by atoms with van der Waals surface area (Å²) in [6, 6.07) is 7.56. The molecule has 2 N–H and O–H groups in total. The van der Waals surface area contributed by atoms with E-state index < -0.39 is 0 Å². The average molecular weight is 255 g/mol. The van der Waals surface area contributed by atoms with Gasteiger partial charge in [-0.25, -0.2) is 0 Å². The summed E-state index contributed by atoms with van der Waals surface area (Å²) in [6.45, 7) is 4.93. The predicted octanol–water partition coefficient (Wildman–Crippen LogP) is 3.06. The minimum absolute atomic E-state index is 0.0168. The molecule has 4 heteroatoms. The number of anilines is 1. The summed E-state index contributed by atoms with van der Waals surface area (Å²) < 4.78 is 0. The molecular weight excluding hydrogens is 236 g/mol. The Labute approximate surface area is 108 Å². The normalized spacial score (nSPS) is 12.2. The summed E-state index contributed by atoms with van der Waals surface area (Å²) >= 11 is 5.76. The number of rotatable bonds is 6. The van der Waals surface area contributed by atoms with Crippen LogP contribution in [0.4, 0.5) is 5.69 Å². The van der Waals surface area contributed by atoms with Crippen LogP contribution in [0.3, 0.4) is 0 Å². The Hall–Kier alpha value is -1.06. The maximum absolute atomic E-state index is 11.6. The van der Waals surface area contributed by atoms with E-state index >= 15 is 0 Å². The van der Waals surface area contributed by atoms with Crippen LogP contribution < -0.4 is 10.6 Å². The fraction of sp³-hybridized carbons (Fsp3) is 0.462. The van der Waals surface area contributed by atoms with Gasteiger partial charge in [-0.05, 0) is 37.6 Å². The van der Waals surface area contributed by atoms with Crippen molar-refractivity contribution in [2.45, 2.75) is 32.7 Å². The SMILES string of the molecule is CCC(C)NCCC(=O)Nc1ccc(Cl)cc1. The first-order valence-electron chi connectivity index (χ1n) is 5.90. The summed E-state index contributed by atoms with van der Waals surface area (Å²) in [5, 5.41) is 6.77. The molecule has 0 aliphatic carbocycles. The van der Waals surface area contributed by atoms with Gasteiger partial charge in [0, 0.05) is 29.7 Å². The van der Waals surface area contributed by atoms with E-state index in [9.17, 15) is 4.79 Å². The van der Waals surface area contributed by atoms with Crippen molar-refractivity contribution in [1.82, 2.24) is 5.32 Å². The molecule has 0 heterocycles. The van der Waals surface area contributed by atoms with Gasteiger partial charge in [0.25, 0.3) is 0 Å². The highest BCUT2D eigenvalue weighted by Gasteiger charge is 2.03. The van der Waals surface area contributed by atoms with Gasteiger partial charge in [-0.1, -0.05) is 18.5 Å². The number of hydrogen-bond donors (Lipinski definition) is 2. The van der Waals surface area contributed by atoms with E-state index in [1.165, 1.54) is 0 Å². The molecule has 3 nitrogen and oxygen atoms in total. The molecule has 0 spiro atoms. The Morgan fingerprint density at radius 3 is 2.59 bits per heavy atom. The Bertz CT molecular complexity index is 351. The average Bonchev–Trinajstić information content (AvgIpc) is 2.32. The Balaban J connectivity index is 2.27. The number of halogens is 1. The summed E-state index contributed by atoms with van der Waals surface area (Å²) in [7, 11) is 0. The van der Waals surface area contributed by atoms with Gasteiger partial charge in [-0.15, -0.1) is 0 Å². The van der Waals surface area contributed by atoms with Crippen LogP contribution in [-0.4, -0.2) is 18.5 Å². The summed E-state index contributed by atoms with van der Waals surface area (Å²) in [4.78, 5) is 11.6. The van der Waals surface area contributed by atoms with E-state index in [2.05, 4.69) is 24.5 Å². The summed E-state index contributed by atoms with van der Waals surface area (Å²) in [6.07, 6.45) is 1.55. The quantitative estimate of drug-likeness (QED) is 0.819. The molecule has 1 amide bonds. The number of carbonyl (C=O) groups excluding carboxylic acids is 1. The molecule has 0 aliphatic heterocycles. The van der Waals surface area contributed by atoms with Crippen LogP contribution in [0.1, 0.15) is 26.7 Å². The highest BCUT2D eigenvalue weighted by molar-refractivity contribution is 6.30. The lowest BCUT2D eigenvalue weighted by atomic mass is 10.2.